The van der Waals surface area contributed by atoms with Gasteiger partial charge in [0.05, 0.1) is 11.7 Å². The number of carbonyl (C=O) groups excluding carboxylic acids is 1. The maximum absolute atomic E-state index is 12.9. The Balaban J connectivity index is 1.90. The van der Waals surface area contributed by atoms with Gasteiger partial charge in [0, 0.05) is 6.04 Å². The summed E-state index contributed by atoms with van der Waals surface area (Å²) in [6.07, 6.45) is 3.46. The zero-order valence-corrected chi connectivity index (χ0v) is 18.7. The summed E-state index contributed by atoms with van der Waals surface area (Å²) >= 11 is 0. The molecule has 0 spiro atoms. The molecule has 0 radical (unpaired) electrons. The third-order valence-corrected chi connectivity index (χ3v) is 7.83. The lowest BCUT2D eigenvalue weighted by molar-refractivity contribution is -0.108. The molecule has 4 rings (SSSR count). The largest absolute Gasteiger partial charge is 0.360 e. The molecule has 0 heterocycles. The van der Waals surface area contributed by atoms with Crippen LogP contribution in [-0.4, -0.2) is 20.9 Å². The predicted octanol–water partition coefficient (Wildman–Crippen LogP) is 5.03. The number of benzene rings is 3. The van der Waals surface area contributed by atoms with Crippen LogP contribution in [0.5, 0.6) is 0 Å². The summed E-state index contributed by atoms with van der Waals surface area (Å²) in [6, 6.07) is 21.7. The van der Waals surface area contributed by atoms with Crippen LogP contribution in [0.3, 0.4) is 0 Å². The molecule has 0 aromatic heterocycles. The van der Waals surface area contributed by atoms with Crippen LogP contribution < -0.4 is 9.62 Å². The van der Waals surface area contributed by atoms with Crippen molar-refractivity contribution >= 4 is 32.9 Å². The zero-order valence-electron chi connectivity index (χ0n) is 17.9. The first-order valence-corrected chi connectivity index (χ1v) is 12.2. The van der Waals surface area contributed by atoms with E-state index in [1.807, 2.05) is 29.0 Å². The van der Waals surface area contributed by atoms with Gasteiger partial charge in [0.2, 0.25) is 6.41 Å². The molecule has 162 valence electrons. The average molecular weight is 437 g/mol. The Morgan fingerprint density at radius 1 is 1.00 bits per heavy atom. The minimum atomic E-state index is -3.95. The summed E-state index contributed by atoms with van der Waals surface area (Å²) in [5, 5.41) is 2.33. The Morgan fingerprint density at radius 3 is 2.45 bits per heavy atom. The van der Waals surface area contributed by atoms with Gasteiger partial charge in [-0.15, -0.1) is 0 Å². The summed E-state index contributed by atoms with van der Waals surface area (Å²) in [6.45, 7) is 4.38. The lowest BCUT2D eigenvalue weighted by atomic mass is 9.94. The summed E-state index contributed by atoms with van der Waals surface area (Å²) in [5.74, 6) is 0.437. The molecule has 1 fully saturated rings. The molecule has 1 amide bonds. The molecular weight excluding hydrogens is 408 g/mol. The van der Waals surface area contributed by atoms with Crippen LogP contribution in [0, 0.1) is 5.92 Å². The quantitative estimate of drug-likeness (QED) is 0.528. The Hall–Kier alpha value is -2.86. The third kappa shape index (κ3) is 4.04. The van der Waals surface area contributed by atoms with Crippen molar-refractivity contribution in [3.63, 3.8) is 0 Å². The normalized spacial score (nSPS) is 19.8. The molecule has 2 unspecified atom stereocenters. The highest BCUT2D eigenvalue weighted by molar-refractivity contribution is 7.90. The molecule has 1 aliphatic carbocycles. The number of sulfonamides is 1. The summed E-state index contributed by atoms with van der Waals surface area (Å²) in [4.78, 5) is 13.4. The number of hydrogen-bond acceptors (Lipinski definition) is 4. The molecule has 3 atom stereocenters. The predicted molar refractivity (Wildman–Crippen MR) is 124 cm³/mol. The van der Waals surface area contributed by atoms with Gasteiger partial charge < -0.3 is 4.90 Å². The van der Waals surface area contributed by atoms with Gasteiger partial charge in [-0.2, -0.15) is 0 Å². The van der Waals surface area contributed by atoms with Gasteiger partial charge in [-0.05, 0) is 54.2 Å². The fraction of sp³-hybridized carbons (Fsp3) is 0.320. The first kappa shape index (κ1) is 21.4. The first-order chi connectivity index (χ1) is 14.9. The highest BCUT2D eigenvalue weighted by atomic mass is 32.2. The van der Waals surface area contributed by atoms with Crippen LogP contribution in [-0.2, 0) is 14.8 Å². The van der Waals surface area contributed by atoms with Crippen LogP contribution >= 0.6 is 0 Å². The second-order valence-corrected chi connectivity index (χ2v) is 10.0. The summed E-state index contributed by atoms with van der Waals surface area (Å²) < 4.78 is 27.7. The highest BCUT2D eigenvalue weighted by Crippen LogP contribution is 2.42. The molecule has 5 nitrogen and oxygen atoms in total. The minimum Gasteiger partial charge on any atom is -0.360 e. The van der Waals surface area contributed by atoms with Gasteiger partial charge in [0.25, 0.3) is 10.0 Å². The summed E-state index contributed by atoms with van der Waals surface area (Å²) in [5.41, 5.74) is 1.80. The van der Waals surface area contributed by atoms with Gasteiger partial charge in [0.15, 0.2) is 0 Å². The molecule has 31 heavy (non-hydrogen) atoms. The van der Waals surface area contributed by atoms with Gasteiger partial charge in [-0.1, -0.05) is 67.9 Å². The van der Waals surface area contributed by atoms with Gasteiger partial charge in [-0.25, -0.2) is 8.42 Å². The van der Waals surface area contributed by atoms with E-state index in [4.69, 9.17) is 0 Å². The highest BCUT2D eigenvalue weighted by Gasteiger charge is 2.35. The number of anilines is 1. The van der Waals surface area contributed by atoms with E-state index in [-0.39, 0.29) is 23.4 Å². The van der Waals surface area contributed by atoms with E-state index < -0.39 is 10.0 Å². The van der Waals surface area contributed by atoms with Crippen LogP contribution in [0.1, 0.15) is 44.7 Å². The zero-order chi connectivity index (χ0) is 22.0. The van der Waals surface area contributed by atoms with E-state index in [9.17, 15) is 13.2 Å². The Labute approximate surface area is 184 Å². The molecule has 6 heteroatoms. The molecule has 1 N–H and O–H groups in total. The number of nitrogens with one attached hydrogen (secondary N) is 1. The van der Waals surface area contributed by atoms with Crippen LogP contribution in [0.2, 0.25) is 0 Å². The number of hydrogen-bond donors (Lipinski definition) is 1. The van der Waals surface area contributed by atoms with E-state index >= 15 is 0 Å². The molecular formula is C25H28N2O3S. The second-order valence-electron chi connectivity index (χ2n) is 8.33. The van der Waals surface area contributed by atoms with Crippen LogP contribution in [0.15, 0.2) is 71.6 Å². The first-order valence-electron chi connectivity index (χ1n) is 10.7. The van der Waals surface area contributed by atoms with E-state index in [0.29, 0.717) is 11.6 Å². The van der Waals surface area contributed by atoms with Crippen LogP contribution in [0.25, 0.3) is 10.8 Å². The molecule has 3 aromatic carbocycles. The lowest BCUT2D eigenvalue weighted by Crippen LogP contribution is -2.40. The number of amides is 1. The summed E-state index contributed by atoms with van der Waals surface area (Å²) in [7, 11) is -3.95. The van der Waals surface area contributed by atoms with Crippen molar-refractivity contribution in [2.45, 2.75) is 50.1 Å². The smallest absolute Gasteiger partial charge is 0.265 e. The fourth-order valence-corrected chi connectivity index (χ4v) is 5.96. The van der Waals surface area contributed by atoms with Gasteiger partial charge in [-0.3, -0.25) is 9.52 Å². The van der Waals surface area contributed by atoms with Crippen molar-refractivity contribution in [1.82, 2.24) is 4.72 Å². The van der Waals surface area contributed by atoms with E-state index in [1.54, 1.807) is 12.1 Å². The van der Waals surface area contributed by atoms with Crippen molar-refractivity contribution < 1.29 is 13.2 Å². The molecule has 3 aromatic rings. The van der Waals surface area contributed by atoms with Crippen LogP contribution in [0.4, 0.5) is 5.69 Å². The number of nitrogens with zero attached hydrogens (tertiary/aromatic N) is 1. The molecule has 0 bridgehead atoms. The number of para-hydroxylation sites is 1. The molecule has 1 aliphatic rings. The SMILES string of the molecule is CC1CCCC1N(c1ccccc1S(=O)(=O)NC=O)[C@H](C)c1cccc2ccccc12. The molecule has 0 aliphatic heterocycles. The van der Waals surface area contributed by atoms with Crippen molar-refractivity contribution in [3.05, 3.63) is 72.3 Å². The lowest BCUT2D eigenvalue weighted by Gasteiger charge is -2.40. The second kappa shape index (κ2) is 8.71. The minimum absolute atomic E-state index is 0.0516. The Bertz CT molecular complexity index is 1190. The van der Waals surface area contributed by atoms with Crippen molar-refractivity contribution in [3.8, 4) is 0 Å². The number of carbonyl (C=O) groups is 1. The topological polar surface area (TPSA) is 66.5 Å². The third-order valence-electron chi connectivity index (χ3n) is 6.50. The van der Waals surface area contributed by atoms with Gasteiger partial charge in [0.1, 0.15) is 4.90 Å². The fourth-order valence-electron chi connectivity index (χ4n) is 5.00. The standard InChI is InChI=1S/C25H28N2O3S/c1-18-9-7-15-23(18)27(24-14-5-6-16-25(24)31(29,30)26-17-28)19(2)21-13-8-11-20-10-3-4-12-22(20)21/h3-6,8,10-14,16-19,23H,7,9,15H2,1-2H3,(H,26,28)/t18?,19-,23?/m1/s1. The Morgan fingerprint density at radius 2 is 1.71 bits per heavy atom. The maximum atomic E-state index is 12.9. The van der Waals surface area contributed by atoms with Crippen molar-refractivity contribution in [1.29, 1.82) is 0 Å². The van der Waals surface area contributed by atoms with E-state index in [2.05, 4.69) is 49.1 Å². The average Bonchev–Trinajstić information content (AvgIpc) is 3.19. The molecule has 0 saturated heterocycles. The van der Waals surface area contributed by atoms with E-state index in [0.717, 1.165) is 30.2 Å². The maximum Gasteiger partial charge on any atom is 0.265 e. The Kier molecular flexibility index (Phi) is 6.01. The molecule has 1 saturated carbocycles. The van der Waals surface area contributed by atoms with Crippen molar-refractivity contribution in [2.24, 2.45) is 5.92 Å². The van der Waals surface area contributed by atoms with Gasteiger partial charge >= 0.3 is 0 Å². The van der Waals surface area contributed by atoms with E-state index in [1.165, 1.54) is 5.39 Å². The number of fused-ring (bicyclic) bond motifs is 1. The number of rotatable bonds is 7. The van der Waals surface area contributed by atoms with Crippen molar-refractivity contribution in [2.75, 3.05) is 4.90 Å². The monoisotopic (exact) mass is 436 g/mol.